The lowest BCUT2D eigenvalue weighted by atomic mass is 10.1. The number of anilines is 2. The molecular formula is C16H14ClF3N4O3S. The number of nitro benzene ring substituents is 1. The number of carbonyl (C=O) groups excluding carboxylic acids is 1. The van der Waals surface area contributed by atoms with Crippen molar-refractivity contribution in [1.29, 1.82) is 0 Å². The number of nitro groups is 1. The fraction of sp³-hybridized carbons (Fsp3) is 0.250. The Morgan fingerprint density at radius 2 is 2.04 bits per heavy atom. The third kappa shape index (κ3) is 4.47. The second-order valence-corrected chi connectivity index (χ2v) is 7.19. The predicted molar refractivity (Wildman–Crippen MR) is 101 cm³/mol. The Morgan fingerprint density at radius 3 is 2.54 bits per heavy atom. The van der Waals surface area contributed by atoms with E-state index >= 15 is 0 Å². The second-order valence-electron chi connectivity index (χ2n) is 5.48. The van der Waals surface area contributed by atoms with Gasteiger partial charge in [-0.3, -0.25) is 14.9 Å². The van der Waals surface area contributed by atoms with Crippen molar-refractivity contribution >= 4 is 46.3 Å². The van der Waals surface area contributed by atoms with Gasteiger partial charge in [0.25, 0.3) is 11.6 Å². The molecule has 0 bridgehead atoms. The van der Waals surface area contributed by atoms with Crippen molar-refractivity contribution in [3.8, 4) is 0 Å². The van der Waals surface area contributed by atoms with Gasteiger partial charge in [-0.2, -0.15) is 13.2 Å². The van der Waals surface area contributed by atoms with Crippen LogP contribution in [0.1, 0.15) is 23.0 Å². The number of carbonyl (C=O) groups is 1. The van der Waals surface area contributed by atoms with E-state index in [0.29, 0.717) is 16.7 Å². The zero-order valence-electron chi connectivity index (χ0n) is 14.6. The van der Waals surface area contributed by atoms with Crippen molar-refractivity contribution in [3.05, 3.63) is 50.8 Å². The van der Waals surface area contributed by atoms with Crippen LogP contribution in [-0.4, -0.2) is 28.6 Å². The number of hydrogen-bond acceptors (Lipinski definition) is 6. The second kappa shape index (κ2) is 8.23. The van der Waals surface area contributed by atoms with E-state index in [1.807, 2.05) is 6.92 Å². The number of nitrogens with two attached hydrogens (primary N) is 1. The largest absolute Gasteiger partial charge is 0.433 e. The standard InChI is InChI=1S/C16H14ClF3N4O3S/c1-3-28-13-5-9(17)11(24(26)27)4-8(13)15(25)23(2)12-7-22-14(6-10(12)21)16(18,19)20/h4-7H,3H2,1-2H3,(H2,21,22). The molecule has 2 rings (SSSR count). The highest BCUT2D eigenvalue weighted by atomic mass is 35.5. The van der Waals surface area contributed by atoms with Gasteiger partial charge in [-0.25, -0.2) is 4.98 Å². The Bertz CT molecular complexity index is 940. The van der Waals surface area contributed by atoms with Crippen molar-refractivity contribution in [3.63, 3.8) is 0 Å². The molecule has 0 saturated heterocycles. The van der Waals surface area contributed by atoms with Crippen molar-refractivity contribution in [2.75, 3.05) is 23.4 Å². The molecule has 0 atom stereocenters. The van der Waals surface area contributed by atoms with E-state index < -0.39 is 28.4 Å². The molecule has 2 N–H and O–H groups in total. The normalized spacial score (nSPS) is 11.4. The van der Waals surface area contributed by atoms with Crippen LogP contribution in [0.4, 0.5) is 30.2 Å². The van der Waals surface area contributed by atoms with Gasteiger partial charge in [0.05, 0.1) is 28.1 Å². The summed E-state index contributed by atoms with van der Waals surface area (Å²) < 4.78 is 38.2. The van der Waals surface area contributed by atoms with Crippen molar-refractivity contribution in [2.45, 2.75) is 18.0 Å². The number of nitrogens with zero attached hydrogens (tertiary/aromatic N) is 3. The lowest BCUT2D eigenvalue weighted by molar-refractivity contribution is -0.384. The number of benzene rings is 1. The molecule has 2 aromatic rings. The van der Waals surface area contributed by atoms with E-state index in [1.165, 1.54) is 24.9 Å². The summed E-state index contributed by atoms with van der Waals surface area (Å²) in [4.78, 5) is 28.0. The Balaban J connectivity index is 2.50. The summed E-state index contributed by atoms with van der Waals surface area (Å²) in [5, 5.41) is 11.0. The van der Waals surface area contributed by atoms with E-state index in [9.17, 15) is 28.1 Å². The topological polar surface area (TPSA) is 102 Å². The summed E-state index contributed by atoms with van der Waals surface area (Å²) >= 11 is 7.14. The van der Waals surface area contributed by atoms with Gasteiger partial charge in [-0.1, -0.05) is 18.5 Å². The first kappa shape index (κ1) is 21.8. The van der Waals surface area contributed by atoms with Crippen LogP contribution >= 0.6 is 23.4 Å². The number of hydrogen-bond donors (Lipinski definition) is 1. The number of thioether (sulfide) groups is 1. The summed E-state index contributed by atoms with van der Waals surface area (Å²) in [5.41, 5.74) is 3.61. The highest BCUT2D eigenvalue weighted by Crippen LogP contribution is 2.36. The third-order valence-corrected chi connectivity index (χ3v) is 4.89. The number of rotatable bonds is 5. The van der Waals surface area contributed by atoms with Crippen LogP contribution in [-0.2, 0) is 6.18 Å². The molecule has 1 aromatic heterocycles. The van der Waals surface area contributed by atoms with Gasteiger partial charge in [0, 0.05) is 18.0 Å². The molecule has 0 aliphatic carbocycles. The first-order valence-electron chi connectivity index (χ1n) is 7.68. The summed E-state index contributed by atoms with van der Waals surface area (Å²) in [5.74, 6) is -0.147. The zero-order chi connectivity index (χ0) is 21.2. The summed E-state index contributed by atoms with van der Waals surface area (Å²) in [7, 11) is 1.28. The van der Waals surface area contributed by atoms with E-state index in [4.69, 9.17) is 17.3 Å². The van der Waals surface area contributed by atoms with Crippen molar-refractivity contribution in [2.24, 2.45) is 0 Å². The minimum Gasteiger partial charge on any atom is -0.397 e. The van der Waals surface area contributed by atoms with Crippen LogP contribution in [0, 0.1) is 10.1 Å². The number of amides is 1. The maximum atomic E-state index is 12.9. The summed E-state index contributed by atoms with van der Waals surface area (Å²) in [6.45, 7) is 1.82. The highest BCUT2D eigenvalue weighted by molar-refractivity contribution is 7.99. The van der Waals surface area contributed by atoms with Crippen molar-refractivity contribution < 1.29 is 22.9 Å². The molecule has 0 saturated carbocycles. The zero-order valence-corrected chi connectivity index (χ0v) is 16.2. The Kier molecular flexibility index (Phi) is 6.40. The van der Waals surface area contributed by atoms with Gasteiger partial charge in [-0.15, -0.1) is 11.8 Å². The molecule has 150 valence electrons. The number of aromatic nitrogens is 1. The Hall–Kier alpha value is -2.53. The Morgan fingerprint density at radius 1 is 1.39 bits per heavy atom. The first-order valence-corrected chi connectivity index (χ1v) is 9.05. The van der Waals surface area contributed by atoms with Crippen LogP contribution in [0.25, 0.3) is 0 Å². The van der Waals surface area contributed by atoms with Crippen LogP contribution in [0.3, 0.4) is 0 Å². The van der Waals surface area contributed by atoms with Gasteiger partial charge in [-0.05, 0) is 17.9 Å². The minimum absolute atomic E-state index is 0.0234. The molecule has 1 heterocycles. The molecule has 0 radical (unpaired) electrons. The lowest BCUT2D eigenvalue weighted by Crippen LogP contribution is -2.28. The van der Waals surface area contributed by atoms with Crippen LogP contribution in [0.15, 0.2) is 29.3 Å². The molecule has 0 unspecified atom stereocenters. The molecule has 0 spiro atoms. The third-order valence-electron chi connectivity index (χ3n) is 3.65. The average molecular weight is 435 g/mol. The van der Waals surface area contributed by atoms with Crippen LogP contribution in [0.2, 0.25) is 5.02 Å². The van der Waals surface area contributed by atoms with E-state index in [2.05, 4.69) is 4.98 Å². The first-order chi connectivity index (χ1) is 13.0. The van der Waals surface area contributed by atoms with Crippen molar-refractivity contribution in [1.82, 2.24) is 4.98 Å². The summed E-state index contributed by atoms with van der Waals surface area (Å²) in [6.07, 6.45) is -3.86. The van der Waals surface area contributed by atoms with Gasteiger partial charge in [0.1, 0.15) is 10.7 Å². The fourth-order valence-electron chi connectivity index (χ4n) is 2.31. The molecule has 7 nitrogen and oxygen atoms in total. The summed E-state index contributed by atoms with van der Waals surface area (Å²) in [6, 6.07) is 2.96. The average Bonchev–Trinajstić information content (AvgIpc) is 2.60. The SMILES string of the molecule is CCSc1cc(Cl)c([N+](=O)[O-])cc1C(=O)N(C)c1cnc(C(F)(F)F)cc1N. The van der Waals surface area contributed by atoms with E-state index in [1.54, 1.807) is 0 Å². The van der Waals surface area contributed by atoms with Crippen LogP contribution in [0.5, 0.6) is 0 Å². The molecule has 1 amide bonds. The smallest absolute Gasteiger partial charge is 0.397 e. The fourth-order valence-corrected chi connectivity index (χ4v) is 3.43. The monoisotopic (exact) mass is 434 g/mol. The number of nitrogen functional groups attached to an aromatic ring is 1. The number of halogens is 4. The van der Waals surface area contributed by atoms with E-state index in [0.717, 1.165) is 17.2 Å². The highest BCUT2D eigenvalue weighted by Gasteiger charge is 2.33. The lowest BCUT2D eigenvalue weighted by Gasteiger charge is -2.21. The maximum absolute atomic E-state index is 12.9. The van der Waals surface area contributed by atoms with E-state index in [-0.39, 0.29) is 22.0 Å². The van der Waals surface area contributed by atoms with Gasteiger partial charge in [0.2, 0.25) is 0 Å². The maximum Gasteiger partial charge on any atom is 0.433 e. The Labute approximate surface area is 166 Å². The molecule has 12 heteroatoms. The quantitative estimate of drug-likeness (QED) is 0.418. The molecule has 28 heavy (non-hydrogen) atoms. The molecular weight excluding hydrogens is 421 g/mol. The van der Waals surface area contributed by atoms with Crippen LogP contribution < -0.4 is 10.6 Å². The van der Waals surface area contributed by atoms with Gasteiger partial charge in [0.15, 0.2) is 0 Å². The number of pyridine rings is 1. The molecule has 0 fully saturated rings. The molecule has 0 aliphatic heterocycles. The predicted octanol–water partition coefficient (Wildman–Crippen LogP) is 4.63. The van der Waals surface area contributed by atoms with Gasteiger partial charge >= 0.3 is 6.18 Å². The number of alkyl halides is 3. The molecule has 1 aromatic carbocycles. The van der Waals surface area contributed by atoms with Gasteiger partial charge < -0.3 is 10.6 Å². The molecule has 0 aliphatic rings. The minimum atomic E-state index is -4.68.